The first-order valence-electron chi connectivity index (χ1n) is 10.7. The van der Waals surface area contributed by atoms with E-state index >= 15 is 0 Å². The molecule has 0 fully saturated rings. The molecule has 3 aromatic carbocycles. The Labute approximate surface area is 205 Å². The molecule has 11 heteroatoms. The van der Waals surface area contributed by atoms with Crippen LogP contribution in [0.5, 0.6) is 0 Å². The molecule has 0 saturated carbocycles. The van der Waals surface area contributed by atoms with Crippen molar-refractivity contribution < 1.29 is 44.6 Å². The van der Waals surface area contributed by atoms with Gasteiger partial charge in [0, 0.05) is 11.1 Å². The Kier molecular flexibility index (Phi) is 9.33. The average molecular weight is 534 g/mol. The van der Waals surface area contributed by atoms with Gasteiger partial charge in [-0.1, -0.05) is 48.0 Å². The molecular formula is C25H25F6NO3S. The second-order valence-corrected chi connectivity index (χ2v) is 9.67. The van der Waals surface area contributed by atoms with Crippen LogP contribution in [-0.2, 0) is 22.5 Å². The molecule has 4 nitrogen and oxygen atoms in total. The molecule has 0 radical (unpaired) electrons. The van der Waals surface area contributed by atoms with Crippen LogP contribution in [0.4, 0.5) is 26.3 Å². The van der Waals surface area contributed by atoms with Crippen molar-refractivity contribution in [1.29, 1.82) is 0 Å². The van der Waals surface area contributed by atoms with Crippen molar-refractivity contribution in [3.05, 3.63) is 101 Å². The minimum Gasteiger partial charge on any atom is -0.744 e. The molecule has 0 spiro atoms. The van der Waals surface area contributed by atoms with Gasteiger partial charge in [0.2, 0.25) is 0 Å². The first-order valence-corrected chi connectivity index (χ1v) is 12.1. The Morgan fingerprint density at radius 1 is 0.722 bits per heavy atom. The van der Waals surface area contributed by atoms with E-state index in [-0.39, 0.29) is 22.6 Å². The lowest BCUT2D eigenvalue weighted by atomic mass is 9.99. The van der Waals surface area contributed by atoms with Gasteiger partial charge in [0.1, 0.15) is 22.2 Å². The monoisotopic (exact) mass is 533 g/mol. The maximum Gasteiger partial charge on any atom is 0.416 e. The first kappa shape index (κ1) is 29.3. The Bertz CT molecular complexity index is 1210. The quantitative estimate of drug-likeness (QED) is 0.323. The molecule has 3 aromatic rings. The van der Waals surface area contributed by atoms with Crippen LogP contribution in [-0.4, -0.2) is 13.0 Å². The van der Waals surface area contributed by atoms with Crippen molar-refractivity contribution in [1.82, 2.24) is 0 Å². The van der Waals surface area contributed by atoms with Crippen LogP contribution in [0.15, 0.2) is 77.7 Å². The summed E-state index contributed by atoms with van der Waals surface area (Å²) >= 11 is 0. The number of hydrogen-bond acceptors (Lipinski definition) is 3. The molecule has 0 heterocycles. The molecule has 0 amide bonds. The molecule has 0 aliphatic carbocycles. The first-order chi connectivity index (χ1) is 16.5. The van der Waals surface area contributed by atoms with E-state index in [0.29, 0.717) is 0 Å². The number of quaternary nitrogens is 1. The summed E-state index contributed by atoms with van der Waals surface area (Å²) in [4.78, 5) is -0.178. The van der Waals surface area contributed by atoms with Crippen molar-refractivity contribution in [2.75, 3.05) is 0 Å². The molecule has 36 heavy (non-hydrogen) atoms. The van der Waals surface area contributed by atoms with E-state index in [1.807, 2.05) is 44.2 Å². The minimum absolute atomic E-state index is 0.00932. The molecule has 3 rings (SSSR count). The number of nitrogens with two attached hydrogens (primary N) is 1. The van der Waals surface area contributed by atoms with Crippen molar-refractivity contribution >= 4 is 10.1 Å². The summed E-state index contributed by atoms with van der Waals surface area (Å²) in [6.45, 7) is 5.26. The number of halogens is 6. The molecule has 0 aliphatic heterocycles. The SMILES string of the molecule is CC([NH2+]C(C)c1cc(C(F)(F)F)cc(C(F)(F)F)c1)c1ccccc1.Cc1ccc(S(=O)(=O)[O-])cc1. The van der Waals surface area contributed by atoms with E-state index in [0.717, 1.165) is 23.3 Å². The predicted octanol–water partition coefficient (Wildman–Crippen LogP) is 6.01. The van der Waals surface area contributed by atoms with Crippen LogP contribution in [0, 0.1) is 6.92 Å². The number of rotatable bonds is 5. The fourth-order valence-electron chi connectivity index (χ4n) is 3.36. The summed E-state index contributed by atoms with van der Waals surface area (Å²) in [5, 5.41) is 1.74. The number of aryl methyl sites for hydroxylation is 1. The molecule has 2 atom stereocenters. The summed E-state index contributed by atoms with van der Waals surface area (Å²) < 4.78 is 109. The van der Waals surface area contributed by atoms with Crippen molar-refractivity contribution in [2.24, 2.45) is 0 Å². The van der Waals surface area contributed by atoms with E-state index in [4.69, 9.17) is 0 Å². The summed E-state index contributed by atoms with van der Waals surface area (Å²) in [6.07, 6.45) is -9.67. The Morgan fingerprint density at radius 2 is 1.17 bits per heavy atom. The molecule has 0 bridgehead atoms. The van der Waals surface area contributed by atoms with Gasteiger partial charge in [-0.3, -0.25) is 0 Å². The normalized spacial score (nSPS) is 13.9. The van der Waals surface area contributed by atoms with Gasteiger partial charge in [0.05, 0.1) is 16.0 Å². The highest BCUT2D eigenvalue weighted by Crippen LogP contribution is 2.37. The molecule has 196 valence electrons. The van der Waals surface area contributed by atoms with Crippen LogP contribution in [0.25, 0.3) is 0 Å². The van der Waals surface area contributed by atoms with Gasteiger partial charge >= 0.3 is 12.4 Å². The van der Waals surface area contributed by atoms with Gasteiger partial charge in [-0.2, -0.15) is 26.3 Å². The number of alkyl halides is 6. The highest BCUT2D eigenvalue weighted by molar-refractivity contribution is 7.85. The zero-order valence-electron chi connectivity index (χ0n) is 19.6. The van der Waals surface area contributed by atoms with Gasteiger partial charge < -0.3 is 9.87 Å². The standard InChI is InChI=1S/C18H17F6N.C7H8O3S/c1-11(13-6-4-3-5-7-13)25-12(2)14-8-15(17(19,20)21)10-16(9-14)18(22,23)24;1-6-2-4-7(5-3-6)11(8,9)10/h3-12,25H,1-2H3;2-5H,1H3,(H,8,9,10). The number of benzene rings is 3. The Morgan fingerprint density at radius 3 is 1.58 bits per heavy atom. The summed E-state index contributed by atoms with van der Waals surface area (Å²) in [5.41, 5.74) is -0.713. The summed E-state index contributed by atoms with van der Waals surface area (Å²) in [7, 11) is -4.27. The lowest BCUT2D eigenvalue weighted by molar-refractivity contribution is -0.728. The number of hydrogen-bond donors (Lipinski definition) is 1. The van der Waals surface area contributed by atoms with Crippen molar-refractivity contribution in [3.63, 3.8) is 0 Å². The average Bonchev–Trinajstić information content (AvgIpc) is 2.78. The Hall–Kier alpha value is -2.89. The van der Waals surface area contributed by atoms with E-state index in [1.54, 1.807) is 24.4 Å². The molecular weight excluding hydrogens is 508 g/mol. The summed E-state index contributed by atoms with van der Waals surface area (Å²) in [6, 6.07) is 16.0. The highest BCUT2D eigenvalue weighted by Gasteiger charge is 2.37. The van der Waals surface area contributed by atoms with Gasteiger partial charge in [-0.15, -0.1) is 0 Å². The smallest absolute Gasteiger partial charge is 0.416 e. The second-order valence-electron chi connectivity index (χ2n) is 8.29. The minimum atomic E-state index is -4.83. The lowest BCUT2D eigenvalue weighted by Gasteiger charge is -2.20. The fraction of sp³-hybridized carbons (Fsp3) is 0.280. The van der Waals surface area contributed by atoms with Crippen LogP contribution in [0.1, 0.15) is 53.7 Å². The van der Waals surface area contributed by atoms with Gasteiger partial charge in [-0.25, -0.2) is 8.42 Å². The van der Waals surface area contributed by atoms with E-state index < -0.39 is 39.6 Å². The van der Waals surface area contributed by atoms with Crippen molar-refractivity contribution in [3.8, 4) is 0 Å². The van der Waals surface area contributed by atoms with E-state index in [1.165, 1.54) is 12.1 Å². The van der Waals surface area contributed by atoms with Gasteiger partial charge in [-0.05, 0) is 51.1 Å². The third kappa shape index (κ3) is 8.65. The third-order valence-electron chi connectivity index (χ3n) is 5.35. The van der Waals surface area contributed by atoms with Crippen LogP contribution >= 0.6 is 0 Å². The van der Waals surface area contributed by atoms with E-state index in [9.17, 15) is 39.3 Å². The zero-order chi connectivity index (χ0) is 27.3. The summed E-state index contributed by atoms with van der Waals surface area (Å²) in [5.74, 6) is 0. The van der Waals surface area contributed by atoms with Gasteiger partial charge in [0.25, 0.3) is 0 Å². The van der Waals surface area contributed by atoms with Crippen LogP contribution in [0.2, 0.25) is 0 Å². The lowest BCUT2D eigenvalue weighted by Crippen LogP contribution is -2.85. The predicted molar refractivity (Wildman–Crippen MR) is 121 cm³/mol. The van der Waals surface area contributed by atoms with Crippen molar-refractivity contribution in [2.45, 2.75) is 50.1 Å². The Balaban J connectivity index is 0.000000346. The fourth-order valence-corrected chi connectivity index (χ4v) is 3.83. The van der Waals surface area contributed by atoms with Crippen LogP contribution < -0.4 is 5.32 Å². The van der Waals surface area contributed by atoms with E-state index in [2.05, 4.69) is 0 Å². The molecule has 2 N–H and O–H groups in total. The third-order valence-corrected chi connectivity index (χ3v) is 6.20. The maximum atomic E-state index is 12.9. The molecule has 0 aliphatic rings. The van der Waals surface area contributed by atoms with Crippen LogP contribution in [0.3, 0.4) is 0 Å². The second kappa shape index (κ2) is 11.4. The maximum absolute atomic E-state index is 12.9. The van der Waals surface area contributed by atoms with Gasteiger partial charge in [0.15, 0.2) is 0 Å². The topological polar surface area (TPSA) is 73.8 Å². The molecule has 0 saturated heterocycles. The highest BCUT2D eigenvalue weighted by atomic mass is 32.2. The molecule has 2 unspecified atom stereocenters. The largest absolute Gasteiger partial charge is 0.744 e. The molecule has 0 aromatic heterocycles. The zero-order valence-corrected chi connectivity index (χ0v) is 20.4.